The molecule has 0 spiro atoms. The molecule has 134 valence electrons. The van der Waals surface area contributed by atoms with E-state index in [2.05, 4.69) is 5.32 Å². The van der Waals surface area contributed by atoms with Gasteiger partial charge in [-0.2, -0.15) is 11.3 Å². The summed E-state index contributed by atoms with van der Waals surface area (Å²) in [5, 5.41) is 6.58. The summed E-state index contributed by atoms with van der Waals surface area (Å²) in [6, 6.07) is 5.89. The Kier molecular flexibility index (Phi) is 6.28. The molecule has 3 rings (SSSR count). The van der Waals surface area contributed by atoms with Crippen molar-refractivity contribution in [1.82, 2.24) is 10.2 Å². The van der Waals surface area contributed by atoms with Crippen LogP contribution in [0, 0.1) is 0 Å². The Morgan fingerprint density at radius 3 is 2.80 bits per heavy atom. The van der Waals surface area contributed by atoms with Crippen molar-refractivity contribution < 1.29 is 14.0 Å². The minimum absolute atomic E-state index is 0.0723. The van der Waals surface area contributed by atoms with Crippen LogP contribution in [-0.2, 0) is 11.3 Å². The monoisotopic (exact) mass is 360 g/mol. The maximum atomic E-state index is 12.7. The number of rotatable bonds is 8. The number of amides is 2. The summed E-state index contributed by atoms with van der Waals surface area (Å²) in [5.41, 5.74) is 0.682. The van der Waals surface area contributed by atoms with Crippen molar-refractivity contribution in [3.05, 3.63) is 46.5 Å². The van der Waals surface area contributed by atoms with Crippen LogP contribution < -0.4 is 5.32 Å². The van der Waals surface area contributed by atoms with Crippen molar-refractivity contribution in [2.75, 3.05) is 6.54 Å². The molecule has 6 heteroatoms. The van der Waals surface area contributed by atoms with Gasteiger partial charge in [0.1, 0.15) is 5.76 Å². The minimum Gasteiger partial charge on any atom is -0.467 e. The van der Waals surface area contributed by atoms with Gasteiger partial charge >= 0.3 is 0 Å². The van der Waals surface area contributed by atoms with Gasteiger partial charge in [0.2, 0.25) is 5.91 Å². The molecule has 25 heavy (non-hydrogen) atoms. The van der Waals surface area contributed by atoms with Crippen LogP contribution in [0.3, 0.4) is 0 Å². The second-order valence-corrected chi connectivity index (χ2v) is 7.19. The van der Waals surface area contributed by atoms with Gasteiger partial charge in [-0.05, 0) is 42.8 Å². The van der Waals surface area contributed by atoms with Crippen molar-refractivity contribution in [2.24, 2.45) is 0 Å². The second-order valence-electron chi connectivity index (χ2n) is 6.41. The first-order chi connectivity index (χ1) is 12.2. The van der Waals surface area contributed by atoms with Gasteiger partial charge < -0.3 is 14.6 Å². The summed E-state index contributed by atoms with van der Waals surface area (Å²) >= 11 is 1.50. The number of thiophene rings is 1. The van der Waals surface area contributed by atoms with Gasteiger partial charge in [0, 0.05) is 30.0 Å². The van der Waals surface area contributed by atoms with E-state index in [1.54, 1.807) is 12.3 Å². The fourth-order valence-electron chi connectivity index (χ4n) is 3.29. The highest BCUT2D eigenvalue weighted by Gasteiger charge is 2.27. The van der Waals surface area contributed by atoms with Crippen molar-refractivity contribution in [2.45, 2.75) is 51.1 Å². The van der Waals surface area contributed by atoms with E-state index >= 15 is 0 Å². The normalized spacial score (nSPS) is 14.6. The third-order valence-corrected chi connectivity index (χ3v) is 5.31. The third kappa shape index (κ3) is 4.95. The number of nitrogens with one attached hydrogen (secondary N) is 1. The highest BCUT2D eigenvalue weighted by molar-refractivity contribution is 7.08. The molecule has 2 aromatic rings. The average molecular weight is 360 g/mol. The summed E-state index contributed by atoms with van der Waals surface area (Å²) in [5.74, 6) is 0.899. The van der Waals surface area contributed by atoms with Crippen LogP contribution in [0.25, 0.3) is 0 Å². The van der Waals surface area contributed by atoms with Crippen LogP contribution in [-0.4, -0.2) is 29.3 Å². The van der Waals surface area contributed by atoms with Crippen molar-refractivity contribution in [1.29, 1.82) is 0 Å². The van der Waals surface area contributed by atoms with E-state index in [1.165, 1.54) is 24.2 Å². The average Bonchev–Trinajstić information content (AvgIpc) is 3.38. The Hall–Kier alpha value is -2.08. The molecular weight excluding hydrogens is 336 g/mol. The summed E-state index contributed by atoms with van der Waals surface area (Å²) in [6.45, 7) is 1.05. The van der Waals surface area contributed by atoms with Gasteiger partial charge in [0.15, 0.2) is 0 Å². The molecule has 1 aliphatic carbocycles. The summed E-state index contributed by atoms with van der Waals surface area (Å²) < 4.78 is 5.42. The van der Waals surface area contributed by atoms with Crippen LogP contribution in [0.5, 0.6) is 0 Å². The van der Waals surface area contributed by atoms with Gasteiger partial charge in [-0.25, -0.2) is 0 Å². The molecule has 0 aromatic carbocycles. The smallest absolute Gasteiger partial charge is 0.252 e. The van der Waals surface area contributed by atoms with Crippen molar-refractivity contribution in [3.8, 4) is 0 Å². The molecule has 2 amide bonds. The lowest BCUT2D eigenvalue weighted by atomic mass is 10.1. The van der Waals surface area contributed by atoms with Crippen LogP contribution in [0.4, 0.5) is 0 Å². The lowest BCUT2D eigenvalue weighted by Crippen LogP contribution is -2.38. The highest BCUT2D eigenvalue weighted by Crippen LogP contribution is 2.26. The Morgan fingerprint density at radius 1 is 1.28 bits per heavy atom. The van der Waals surface area contributed by atoms with Gasteiger partial charge in [-0.15, -0.1) is 0 Å². The van der Waals surface area contributed by atoms with E-state index in [-0.39, 0.29) is 11.8 Å². The molecule has 0 bridgehead atoms. The predicted octanol–water partition coefficient (Wildman–Crippen LogP) is 3.82. The van der Waals surface area contributed by atoms with Gasteiger partial charge in [0.25, 0.3) is 5.91 Å². The molecule has 0 saturated heterocycles. The first kappa shape index (κ1) is 17.7. The molecule has 0 atom stereocenters. The molecule has 1 fully saturated rings. The fraction of sp³-hybridized carbons (Fsp3) is 0.474. The molecule has 1 N–H and O–H groups in total. The van der Waals surface area contributed by atoms with E-state index < -0.39 is 0 Å². The van der Waals surface area contributed by atoms with Crippen LogP contribution in [0.15, 0.2) is 39.6 Å². The zero-order valence-corrected chi connectivity index (χ0v) is 15.1. The Labute approximate surface area is 152 Å². The van der Waals surface area contributed by atoms with Gasteiger partial charge in [0.05, 0.1) is 12.8 Å². The van der Waals surface area contributed by atoms with E-state index in [0.717, 1.165) is 18.6 Å². The number of furan rings is 1. The quantitative estimate of drug-likeness (QED) is 0.728. The van der Waals surface area contributed by atoms with Gasteiger partial charge in [-0.3, -0.25) is 9.59 Å². The number of carbonyl (C=O) groups excluding carboxylic acids is 2. The lowest BCUT2D eigenvalue weighted by molar-refractivity contribution is -0.134. The van der Waals surface area contributed by atoms with E-state index in [0.29, 0.717) is 37.5 Å². The molecule has 0 unspecified atom stereocenters. The molecule has 1 saturated carbocycles. The van der Waals surface area contributed by atoms with Crippen molar-refractivity contribution >= 4 is 23.2 Å². The standard InChI is InChI=1S/C19H24N2O3S/c22-18(8-3-10-20-19(23)15-9-12-25-14-15)21(16-5-1-2-6-16)13-17-7-4-11-24-17/h4,7,9,11-12,14,16H,1-3,5-6,8,10,13H2,(H,20,23). The number of hydrogen-bond donors (Lipinski definition) is 1. The summed E-state index contributed by atoms with van der Waals surface area (Å²) in [4.78, 5) is 26.6. The van der Waals surface area contributed by atoms with E-state index in [1.807, 2.05) is 27.8 Å². The maximum Gasteiger partial charge on any atom is 0.252 e. The number of carbonyl (C=O) groups is 2. The van der Waals surface area contributed by atoms with Crippen LogP contribution in [0.1, 0.15) is 54.6 Å². The Bertz CT molecular complexity index is 661. The Balaban J connectivity index is 1.47. The third-order valence-electron chi connectivity index (χ3n) is 4.63. The van der Waals surface area contributed by atoms with Gasteiger partial charge in [-0.1, -0.05) is 12.8 Å². The molecule has 5 nitrogen and oxygen atoms in total. The van der Waals surface area contributed by atoms with Crippen LogP contribution >= 0.6 is 11.3 Å². The zero-order chi connectivity index (χ0) is 17.5. The van der Waals surface area contributed by atoms with Crippen molar-refractivity contribution in [3.63, 3.8) is 0 Å². The first-order valence-corrected chi connectivity index (χ1v) is 9.80. The minimum atomic E-state index is -0.0723. The van der Waals surface area contributed by atoms with Crippen LogP contribution in [0.2, 0.25) is 0 Å². The Morgan fingerprint density at radius 2 is 2.12 bits per heavy atom. The predicted molar refractivity (Wildman–Crippen MR) is 97.4 cm³/mol. The molecule has 2 aromatic heterocycles. The molecule has 0 radical (unpaired) electrons. The first-order valence-electron chi connectivity index (χ1n) is 8.86. The lowest BCUT2D eigenvalue weighted by Gasteiger charge is -2.28. The molecule has 2 heterocycles. The van der Waals surface area contributed by atoms with E-state index in [9.17, 15) is 9.59 Å². The maximum absolute atomic E-state index is 12.7. The highest BCUT2D eigenvalue weighted by atomic mass is 32.1. The fourth-order valence-corrected chi connectivity index (χ4v) is 3.92. The largest absolute Gasteiger partial charge is 0.467 e. The molecular formula is C19H24N2O3S. The summed E-state index contributed by atoms with van der Waals surface area (Å²) in [6.07, 6.45) is 7.25. The zero-order valence-electron chi connectivity index (χ0n) is 14.3. The molecule has 0 aliphatic heterocycles. The topological polar surface area (TPSA) is 62.6 Å². The summed E-state index contributed by atoms with van der Waals surface area (Å²) in [7, 11) is 0. The van der Waals surface area contributed by atoms with E-state index in [4.69, 9.17) is 4.42 Å². The number of hydrogen-bond acceptors (Lipinski definition) is 4. The second kappa shape index (κ2) is 8.85. The SMILES string of the molecule is O=C(NCCCC(=O)N(Cc1ccco1)C1CCCC1)c1ccsc1. The molecule has 1 aliphatic rings. The number of nitrogens with zero attached hydrogens (tertiary/aromatic N) is 1.